The molecule has 0 nitrogen and oxygen atoms in total. The zero-order chi connectivity index (χ0) is 18.2. The first-order valence-corrected chi connectivity index (χ1v) is 10.8. The smallest absolute Gasteiger partial charge is 0.126 e. The molecule has 1 saturated carbocycles. The summed E-state index contributed by atoms with van der Waals surface area (Å²) in [6.07, 6.45) is 14.9. The first-order valence-electron chi connectivity index (χ1n) is 10.8. The van der Waals surface area contributed by atoms with Crippen molar-refractivity contribution >= 4 is 0 Å². The zero-order valence-electron chi connectivity index (χ0n) is 17.0. The molecule has 0 aliphatic heterocycles. The lowest BCUT2D eigenvalue weighted by Crippen LogP contribution is -2.22. The van der Waals surface area contributed by atoms with E-state index in [1.165, 1.54) is 69.8 Å². The lowest BCUT2D eigenvalue weighted by molar-refractivity contribution is 0.179. The van der Waals surface area contributed by atoms with E-state index < -0.39 is 0 Å². The lowest BCUT2D eigenvalue weighted by atomic mass is 9.72. The van der Waals surface area contributed by atoms with Crippen molar-refractivity contribution in [2.24, 2.45) is 17.8 Å². The third-order valence-corrected chi connectivity index (χ3v) is 6.62. The molecule has 1 heteroatoms. The van der Waals surface area contributed by atoms with Gasteiger partial charge in [-0.1, -0.05) is 58.4 Å². The van der Waals surface area contributed by atoms with E-state index in [0.29, 0.717) is 0 Å². The molecule has 2 rings (SSSR count). The Morgan fingerprint density at radius 3 is 2.32 bits per heavy atom. The van der Waals surface area contributed by atoms with Crippen LogP contribution in [-0.4, -0.2) is 0 Å². The molecule has 0 spiro atoms. The van der Waals surface area contributed by atoms with E-state index in [1.54, 1.807) is 6.07 Å². The second kappa shape index (κ2) is 10.3. The van der Waals surface area contributed by atoms with Gasteiger partial charge in [0, 0.05) is 0 Å². The molecule has 0 N–H and O–H groups in total. The van der Waals surface area contributed by atoms with Gasteiger partial charge in [-0.2, -0.15) is 0 Å². The Bertz CT molecular complexity index is 488. The molecule has 0 radical (unpaired) electrons. The molecule has 0 amide bonds. The van der Waals surface area contributed by atoms with E-state index in [9.17, 15) is 4.39 Å². The van der Waals surface area contributed by atoms with E-state index in [0.717, 1.165) is 35.3 Å². The number of halogens is 1. The SMILES string of the molecule is CCCC1CCC(C(CCC)CCCc2cc(C)c(C)c(F)c2)CC1. The maximum absolute atomic E-state index is 13.9. The second-order valence-corrected chi connectivity index (χ2v) is 8.53. The summed E-state index contributed by atoms with van der Waals surface area (Å²) in [7, 11) is 0. The van der Waals surface area contributed by atoms with Crippen molar-refractivity contribution < 1.29 is 4.39 Å². The van der Waals surface area contributed by atoms with Crippen LogP contribution < -0.4 is 0 Å². The predicted octanol–water partition coefficient (Wildman–Crippen LogP) is 7.79. The monoisotopic (exact) mass is 346 g/mol. The highest BCUT2D eigenvalue weighted by Gasteiger charge is 2.26. The van der Waals surface area contributed by atoms with Gasteiger partial charge in [0.05, 0.1) is 0 Å². The summed E-state index contributed by atoms with van der Waals surface area (Å²) < 4.78 is 13.9. The Hall–Kier alpha value is -0.850. The van der Waals surface area contributed by atoms with Crippen LogP contribution in [0.1, 0.15) is 94.7 Å². The summed E-state index contributed by atoms with van der Waals surface area (Å²) in [6.45, 7) is 8.55. The van der Waals surface area contributed by atoms with Crippen LogP contribution in [0.5, 0.6) is 0 Å². The van der Waals surface area contributed by atoms with Crippen molar-refractivity contribution in [3.05, 3.63) is 34.6 Å². The summed E-state index contributed by atoms with van der Waals surface area (Å²) in [6, 6.07) is 3.94. The third-order valence-electron chi connectivity index (χ3n) is 6.62. The van der Waals surface area contributed by atoms with Gasteiger partial charge in [-0.25, -0.2) is 4.39 Å². The fraction of sp³-hybridized carbons (Fsp3) is 0.750. The Morgan fingerprint density at radius 2 is 1.72 bits per heavy atom. The van der Waals surface area contributed by atoms with Gasteiger partial charge in [-0.3, -0.25) is 0 Å². The molecule has 1 aromatic carbocycles. The van der Waals surface area contributed by atoms with Gasteiger partial charge in [0.2, 0.25) is 0 Å². The van der Waals surface area contributed by atoms with Gasteiger partial charge in [-0.15, -0.1) is 0 Å². The highest BCUT2D eigenvalue weighted by atomic mass is 19.1. The van der Waals surface area contributed by atoms with Gasteiger partial charge >= 0.3 is 0 Å². The first kappa shape index (κ1) is 20.5. The maximum Gasteiger partial charge on any atom is 0.126 e. The van der Waals surface area contributed by atoms with E-state index in [4.69, 9.17) is 0 Å². The van der Waals surface area contributed by atoms with Crippen molar-refractivity contribution in [1.29, 1.82) is 0 Å². The summed E-state index contributed by atoms with van der Waals surface area (Å²) in [4.78, 5) is 0. The van der Waals surface area contributed by atoms with Crippen molar-refractivity contribution in [2.45, 2.75) is 98.3 Å². The largest absolute Gasteiger partial charge is 0.207 e. The fourth-order valence-electron chi connectivity index (χ4n) is 4.94. The molecule has 1 fully saturated rings. The molecule has 1 unspecified atom stereocenters. The van der Waals surface area contributed by atoms with Crippen LogP contribution in [0, 0.1) is 37.4 Å². The van der Waals surface area contributed by atoms with E-state index in [1.807, 2.05) is 13.8 Å². The van der Waals surface area contributed by atoms with E-state index in [2.05, 4.69) is 19.9 Å². The van der Waals surface area contributed by atoms with Crippen LogP contribution in [0.25, 0.3) is 0 Å². The molecule has 0 bridgehead atoms. The van der Waals surface area contributed by atoms with Crippen molar-refractivity contribution in [3.63, 3.8) is 0 Å². The summed E-state index contributed by atoms with van der Waals surface area (Å²) >= 11 is 0. The normalized spacial score (nSPS) is 22.1. The molecular weight excluding hydrogens is 307 g/mol. The summed E-state index contributed by atoms with van der Waals surface area (Å²) in [5, 5.41) is 0. The Labute approximate surface area is 155 Å². The Balaban J connectivity index is 1.83. The molecule has 25 heavy (non-hydrogen) atoms. The van der Waals surface area contributed by atoms with Crippen molar-refractivity contribution in [3.8, 4) is 0 Å². The zero-order valence-corrected chi connectivity index (χ0v) is 17.0. The molecule has 1 atom stereocenters. The van der Waals surface area contributed by atoms with Crippen LogP contribution in [0.3, 0.4) is 0 Å². The van der Waals surface area contributed by atoms with Gasteiger partial charge in [0.15, 0.2) is 0 Å². The van der Waals surface area contributed by atoms with Crippen LogP contribution in [0.15, 0.2) is 12.1 Å². The van der Waals surface area contributed by atoms with Gasteiger partial charge in [0.25, 0.3) is 0 Å². The highest BCUT2D eigenvalue weighted by Crippen LogP contribution is 2.39. The van der Waals surface area contributed by atoms with Crippen LogP contribution in [-0.2, 0) is 6.42 Å². The van der Waals surface area contributed by atoms with Crippen LogP contribution >= 0.6 is 0 Å². The average molecular weight is 347 g/mol. The number of benzene rings is 1. The second-order valence-electron chi connectivity index (χ2n) is 8.53. The number of hydrogen-bond acceptors (Lipinski definition) is 0. The van der Waals surface area contributed by atoms with Crippen molar-refractivity contribution in [2.75, 3.05) is 0 Å². The molecule has 0 aromatic heterocycles. The quantitative estimate of drug-likeness (QED) is 0.428. The Kier molecular flexibility index (Phi) is 8.46. The molecular formula is C24H39F. The van der Waals surface area contributed by atoms with Crippen LogP contribution in [0.2, 0.25) is 0 Å². The van der Waals surface area contributed by atoms with Gasteiger partial charge < -0.3 is 0 Å². The molecule has 1 aliphatic carbocycles. The summed E-state index contributed by atoms with van der Waals surface area (Å²) in [5.74, 6) is 2.81. The number of aryl methyl sites for hydroxylation is 2. The third kappa shape index (κ3) is 6.12. The molecule has 0 heterocycles. The van der Waals surface area contributed by atoms with Gasteiger partial charge in [0.1, 0.15) is 5.82 Å². The molecule has 1 aliphatic rings. The maximum atomic E-state index is 13.9. The molecule has 1 aromatic rings. The predicted molar refractivity (Wildman–Crippen MR) is 108 cm³/mol. The minimum Gasteiger partial charge on any atom is -0.207 e. The fourth-order valence-corrected chi connectivity index (χ4v) is 4.94. The van der Waals surface area contributed by atoms with Crippen molar-refractivity contribution in [1.82, 2.24) is 0 Å². The van der Waals surface area contributed by atoms with E-state index in [-0.39, 0.29) is 5.82 Å². The molecule has 0 saturated heterocycles. The standard InChI is InChI=1S/C24H39F/c1-5-8-20-12-14-23(15-13-20)22(9-6-2)11-7-10-21-16-18(3)19(4)24(25)17-21/h16-17,20,22-23H,5-15H2,1-4H3. The van der Waals surface area contributed by atoms with Crippen LogP contribution in [0.4, 0.5) is 4.39 Å². The minimum absolute atomic E-state index is 0.0330. The number of rotatable bonds is 9. The first-order chi connectivity index (χ1) is 12.0. The summed E-state index contributed by atoms with van der Waals surface area (Å²) in [5.41, 5.74) is 3.08. The topological polar surface area (TPSA) is 0 Å². The minimum atomic E-state index is -0.0330. The lowest BCUT2D eigenvalue weighted by Gasteiger charge is -2.34. The molecule has 142 valence electrons. The van der Waals surface area contributed by atoms with Gasteiger partial charge in [-0.05, 0) is 86.5 Å². The highest BCUT2D eigenvalue weighted by molar-refractivity contribution is 5.31. The average Bonchev–Trinajstić information content (AvgIpc) is 2.60. The van der Waals surface area contributed by atoms with E-state index >= 15 is 0 Å². The Morgan fingerprint density at radius 1 is 1.00 bits per heavy atom. The number of hydrogen-bond donors (Lipinski definition) is 0.